The molecule has 2 N–H and O–H groups in total. The summed E-state index contributed by atoms with van der Waals surface area (Å²) in [5.74, 6) is 0.794. The van der Waals surface area contributed by atoms with Gasteiger partial charge in [0.1, 0.15) is 17.2 Å². The number of aliphatic hydroxyl groups excluding tert-OH is 1. The second kappa shape index (κ2) is 5.04. The summed E-state index contributed by atoms with van der Waals surface area (Å²) in [4.78, 5) is 8.07. The van der Waals surface area contributed by atoms with Gasteiger partial charge >= 0.3 is 0 Å². The zero-order valence-electron chi connectivity index (χ0n) is 7.69. The Morgan fingerprint density at radius 2 is 2.38 bits per heavy atom. The van der Waals surface area contributed by atoms with Crippen molar-refractivity contribution < 1.29 is 5.11 Å². The highest BCUT2D eigenvalue weighted by molar-refractivity contribution is 7.99. The normalized spacial score (nSPS) is 12.5. The van der Waals surface area contributed by atoms with Crippen LogP contribution in [-0.4, -0.2) is 34.0 Å². The van der Waals surface area contributed by atoms with Gasteiger partial charge in [-0.3, -0.25) is 0 Å². The van der Waals surface area contributed by atoms with E-state index in [1.54, 1.807) is 0 Å². The van der Waals surface area contributed by atoms with Crippen molar-refractivity contribution in [2.75, 3.05) is 19.0 Å². The number of aromatic nitrogens is 2. The molecule has 1 rings (SSSR count). The molecule has 0 spiro atoms. The van der Waals surface area contributed by atoms with Crippen LogP contribution in [0.3, 0.4) is 0 Å². The summed E-state index contributed by atoms with van der Waals surface area (Å²) >= 11 is 1.53. The molecule has 1 heterocycles. The van der Waals surface area contributed by atoms with Gasteiger partial charge in [-0.05, 0) is 0 Å². The Kier molecular flexibility index (Phi) is 3.98. The Hall–Kier alpha value is -0.810. The molecule has 0 fully saturated rings. The van der Waals surface area contributed by atoms with E-state index >= 15 is 0 Å². The van der Waals surface area contributed by atoms with Crippen molar-refractivity contribution in [2.24, 2.45) is 0 Å². The Bertz CT molecular complexity index is 269. The fraction of sp³-hybridized carbons (Fsp3) is 0.500. The lowest BCUT2D eigenvalue weighted by atomic mass is 10.5. The molecule has 1 atom stereocenters. The van der Waals surface area contributed by atoms with Gasteiger partial charge in [0.05, 0.1) is 6.61 Å². The summed E-state index contributed by atoms with van der Waals surface area (Å²) in [5, 5.41) is 12.8. The standard InChI is InChI=1S/C8H13N3OS/c1-6(4-12)13-8-3-7(9-2)10-5-11-8/h3,5-6,12H,4H2,1-2H3,(H,9,10,11). The summed E-state index contributed by atoms with van der Waals surface area (Å²) in [6.07, 6.45) is 1.51. The van der Waals surface area contributed by atoms with Gasteiger partial charge in [0.15, 0.2) is 0 Å². The lowest BCUT2D eigenvalue weighted by Crippen LogP contribution is -2.02. The smallest absolute Gasteiger partial charge is 0.130 e. The molecule has 0 saturated carbocycles. The number of rotatable bonds is 4. The minimum atomic E-state index is 0.156. The molecule has 72 valence electrons. The molecule has 0 aliphatic carbocycles. The van der Waals surface area contributed by atoms with Crippen LogP contribution in [0.1, 0.15) is 6.92 Å². The summed E-state index contributed by atoms with van der Waals surface area (Å²) in [5.41, 5.74) is 0. The third-order valence-corrected chi connectivity index (χ3v) is 2.49. The molecule has 4 nitrogen and oxygen atoms in total. The van der Waals surface area contributed by atoms with Gasteiger partial charge in [-0.25, -0.2) is 9.97 Å². The van der Waals surface area contributed by atoms with Crippen molar-refractivity contribution in [3.05, 3.63) is 12.4 Å². The van der Waals surface area contributed by atoms with Crippen LogP contribution < -0.4 is 5.32 Å². The maximum atomic E-state index is 8.84. The number of nitrogens with one attached hydrogen (secondary N) is 1. The third kappa shape index (κ3) is 3.20. The number of anilines is 1. The molecule has 0 bridgehead atoms. The highest BCUT2D eigenvalue weighted by atomic mass is 32.2. The number of hydrogen-bond acceptors (Lipinski definition) is 5. The minimum Gasteiger partial charge on any atom is -0.395 e. The molecule has 1 unspecified atom stereocenters. The highest BCUT2D eigenvalue weighted by Crippen LogP contribution is 2.21. The van der Waals surface area contributed by atoms with Crippen molar-refractivity contribution in [2.45, 2.75) is 17.2 Å². The van der Waals surface area contributed by atoms with Crippen molar-refractivity contribution >= 4 is 17.6 Å². The molecular weight excluding hydrogens is 186 g/mol. The van der Waals surface area contributed by atoms with Gasteiger partial charge in [0, 0.05) is 18.4 Å². The first-order valence-corrected chi connectivity index (χ1v) is 4.91. The summed E-state index contributed by atoms with van der Waals surface area (Å²) in [6, 6.07) is 1.86. The second-order valence-electron chi connectivity index (χ2n) is 2.60. The predicted molar refractivity (Wildman–Crippen MR) is 54.0 cm³/mol. The van der Waals surface area contributed by atoms with E-state index in [9.17, 15) is 0 Å². The third-order valence-electron chi connectivity index (χ3n) is 1.48. The van der Waals surface area contributed by atoms with Gasteiger partial charge in [-0.1, -0.05) is 6.92 Å². The largest absolute Gasteiger partial charge is 0.395 e. The molecule has 13 heavy (non-hydrogen) atoms. The molecule has 0 aliphatic rings. The fourth-order valence-electron chi connectivity index (χ4n) is 0.784. The molecule has 5 heteroatoms. The lowest BCUT2D eigenvalue weighted by Gasteiger charge is -2.06. The van der Waals surface area contributed by atoms with Gasteiger partial charge in [0.2, 0.25) is 0 Å². The Labute approximate surface area is 81.8 Å². The molecule has 1 aromatic rings. The van der Waals surface area contributed by atoms with Crippen LogP contribution in [0.4, 0.5) is 5.82 Å². The molecule has 1 aromatic heterocycles. The molecule has 0 saturated heterocycles. The van der Waals surface area contributed by atoms with E-state index in [4.69, 9.17) is 5.11 Å². The van der Waals surface area contributed by atoms with Crippen LogP contribution in [-0.2, 0) is 0 Å². The van der Waals surface area contributed by atoms with Gasteiger partial charge in [-0.15, -0.1) is 11.8 Å². The van der Waals surface area contributed by atoms with Crippen molar-refractivity contribution in [3.63, 3.8) is 0 Å². The first kappa shape index (κ1) is 10.3. The minimum absolute atomic E-state index is 0.156. The van der Waals surface area contributed by atoms with Crippen LogP contribution in [0.25, 0.3) is 0 Å². The Morgan fingerprint density at radius 3 is 3.00 bits per heavy atom. The van der Waals surface area contributed by atoms with Crippen LogP contribution in [0.5, 0.6) is 0 Å². The number of nitrogens with zero attached hydrogens (tertiary/aromatic N) is 2. The lowest BCUT2D eigenvalue weighted by molar-refractivity contribution is 0.300. The van der Waals surface area contributed by atoms with Gasteiger partial charge < -0.3 is 10.4 Å². The summed E-state index contributed by atoms with van der Waals surface area (Å²) in [6.45, 7) is 2.11. The number of hydrogen-bond donors (Lipinski definition) is 2. The SMILES string of the molecule is CNc1cc(SC(C)CO)ncn1. The number of thioether (sulfide) groups is 1. The van der Waals surface area contributed by atoms with E-state index in [1.807, 2.05) is 20.0 Å². The van der Waals surface area contributed by atoms with E-state index in [1.165, 1.54) is 18.1 Å². The van der Waals surface area contributed by atoms with Crippen molar-refractivity contribution in [1.29, 1.82) is 0 Å². The zero-order chi connectivity index (χ0) is 9.68. The van der Waals surface area contributed by atoms with Crippen LogP contribution in [0, 0.1) is 0 Å². The summed E-state index contributed by atoms with van der Waals surface area (Å²) < 4.78 is 0. The monoisotopic (exact) mass is 199 g/mol. The Morgan fingerprint density at radius 1 is 1.62 bits per heavy atom. The van der Waals surface area contributed by atoms with E-state index in [2.05, 4.69) is 15.3 Å². The number of aliphatic hydroxyl groups is 1. The first-order valence-electron chi connectivity index (χ1n) is 4.03. The van der Waals surface area contributed by atoms with Crippen molar-refractivity contribution in [3.8, 4) is 0 Å². The maximum absolute atomic E-state index is 8.84. The fourth-order valence-corrected chi connectivity index (χ4v) is 1.56. The highest BCUT2D eigenvalue weighted by Gasteiger charge is 2.04. The maximum Gasteiger partial charge on any atom is 0.130 e. The van der Waals surface area contributed by atoms with E-state index < -0.39 is 0 Å². The molecule has 0 aliphatic heterocycles. The van der Waals surface area contributed by atoms with Crippen molar-refractivity contribution in [1.82, 2.24) is 9.97 Å². The van der Waals surface area contributed by atoms with Crippen LogP contribution >= 0.6 is 11.8 Å². The first-order chi connectivity index (χ1) is 6.26. The molecular formula is C8H13N3OS. The second-order valence-corrected chi connectivity index (χ2v) is 4.06. The van der Waals surface area contributed by atoms with E-state index in [-0.39, 0.29) is 11.9 Å². The van der Waals surface area contributed by atoms with Gasteiger partial charge in [0.25, 0.3) is 0 Å². The summed E-state index contributed by atoms with van der Waals surface area (Å²) in [7, 11) is 1.81. The predicted octanol–water partition coefficient (Wildman–Crippen LogP) is 0.991. The van der Waals surface area contributed by atoms with Crippen LogP contribution in [0.2, 0.25) is 0 Å². The van der Waals surface area contributed by atoms with Crippen LogP contribution in [0.15, 0.2) is 17.4 Å². The molecule has 0 aromatic carbocycles. The molecule has 0 amide bonds. The quantitative estimate of drug-likeness (QED) is 0.559. The van der Waals surface area contributed by atoms with E-state index in [0.29, 0.717) is 0 Å². The van der Waals surface area contributed by atoms with Gasteiger partial charge in [-0.2, -0.15) is 0 Å². The van der Waals surface area contributed by atoms with E-state index in [0.717, 1.165) is 10.8 Å². The topological polar surface area (TPSA) is 58.0 Å². The zero-order valence-corrected chi connectivity index (χ0v) is 8.51. The average molecular weight is 199 g/mol. The molecule has 0 radical (unpaired) electrons. The average Bonchev–Trinajstić information content (AvgIpc) is 2.18. The Balaban J connectivity index is 2.66.